The van der Waals surface area contributed by atoms with Crippen LogP contribution in [-0.4, -0.2) is 35.1 Å². The Balaban J connectivity index is 2.09. The van der Waals surface area contributed by atoms with Gasteiger partial charge in [-0.1, -0.05) is 6.92 Å². The van der Waals surface area contributed by atoms with Gasteiger partial charge in [0.2, 0.25) is 0 Å². The minimum absolute atomic E-state index is 0.291. The molecule has 0 unspecified atom stereocenters. The normalized spacial score (nSPS) is 10.4. The molecule has 2 aromatic rings. The number of amides is 2. The SMILES string of the molecule is CCCN(CC(=O)O)C(=O)Nc1ccc2sccc2c1. The van der Waals surface area contributed by atoms with E-state index in [4.69, 9.17) is 5.11 Å². The van der Waals surface area contributed by atoms with E-state index in [0.29, 0.717) is 18.7 Å². The van der Waals surface area contributed by atoms with Crippen molar-refractivity contribution in [3.63, 3.8) is 0 Å². The summed E-state index contributed by atoms with van der Waals surface area (Å²) in [6, 6.07) is 7.24. The standard InChI is InChI=1S/C14H16N2O3S/c1-2-6-16(9-13(17)18)14(19)15-11-3-4-12-10(8-11)5-7-20-12/h3-5,7-8H,2,6,9H2,1H3,(H,15,19)(H,17,18). The lowest BCUT2D eigenvalue weighted by atomic mass is 10.2. The molecular formula is C14H16N2O3S. The predicted octanol–water partition coefficient (Wildman–Crippen LogP) is 3.23. The maximum absolute atomic E-state index is 12.1. The molecule has 0 fully saturated rings. The number of nitrogens with one attached hydrogen (secondary N) is 1. The van der Waals surface area contributed by atoms with Gasteiger partial charge in [0.1, 0.15) is 6.54 Å². The molecule has 0 radical (unpaired) electrons. The topological polar surface area (TPSA) is 69.6 Å². The molecule has 1 aromatic carbocycles. The van der Waals surface area contributed by atoms with Gasteiger partial charge in [-0.3, -0.25) is 4.79 Å². The monoisotopic (exact) mass is 292 g/mol. The molecule has 20 heavy (non-hydrogen) atoms. The fourth-order valence-corrected chi connectivity index (χ4v) is 2.70. The highest BCUT2D eigenvalue weighted by Gasteiger charge is 2.15. The Labute approximate surface area is 120 Å². The zero-order chi connectivity index (χ0) is 14.5. The largest absolute Gasteiger partial charge is 0.480 e. The van der Waals surface area contributed by atoms with Crippen LogP contribution in [0.1, 0.15) is 13.3 Å². The van der Waals surface area contributed by atoms with E-state index in [1.165, 1.54) is 4.90 Å². The second kappa shape index (κ2) is 6.38. The number of carboxylic acid groups (broad SMARTS) is 1. The number of hydrogen-bond donors (Lipinski definition) is 2. The first-order valence-electron chi connectivity index (χ1n) is 6.35. The molecule has 2 amide bonds. The molecule has 2 rings (SSSR count). The highest BCUT2D eigenvalue weighted by molar-refractivity contribution is 7.17. The van der Waals surface area contributed by atoms with Crippen LogP contribution in [0.2, 0.25) is 0 Å². The van der Waals surface area contributed by atoms with Crippen molar-refractivity contribution < 1.29 is 14.7 Å². The Morgan fingerprint density at radius 1 is 1.35 bits per heavy atom. The number of urea groups is 1. The number of fused-ring (bicyclic) bond motifs is 1. The highest BCUT2D eigenvalue weighted by Crippen LogP contribution is 2.24. The fraction of sp³-hybridized carbons (Fsp3) is 0.286. The van der Waals surface area contributed by atoms with Gasteiger partial charge < -0.3 is 15.3 Å². The summed E-state index contributed by atoms with van der Waals surface area (Å²) in [5, 5.41) is 14.6. The van der Waals surface area contributed by atoms with E-state index in [1.54, 1.807) is 11.3 Å². The number of anilines is 1. The Bertz CT molecular complexity index is 624. The average molecular weight is 292 g/mol. The van der Waals surface area contributed by atoms with Crippen molar-refractivity contribution in [2.24, 2.45) is 0 Å². The van der Waals surface area contributed by atoms with Crippen LogP contribution in [0.25, 0.3) is 10.1 Å². The lowest BCUT2D eigenvalue weighted by Crippen LogP contribution is -2.39. The minimum Gasteiger partial charge on any atom is -0.480 e. The number of benzene rings is 1. The molecule has 106 valence electrons. The van der Waals surface area contributed by atoms with Crippen LogP contribution in [0.4, 0.5) is 10.5 Å². The molecule has 5 nitrogen and oxygen atoms in total. The second-order valence-electron chi connectivity index (χ2n) is 4.42. The molecule has 0 spiro atoms. The summed E-state index contributed by atoms with van der Waals surface area (Å²) < 4.78 is 1.15. The molecular weight excluding hydrogens is 276 g/mol. The van der Waals surface area contributed by atoms with Gasteiger partial charge in [0.25, 0.3) is 0 Å². The lowest BCUT2D eigenvalue weighted by molar-refractivity contribution is -0.137. The molecule has 1 heterocycles. The first kappa shape index (κ1) is 14.3. The summed E-state index contributed by atoms with van der Waals surface area (Å²) in [7, 11) is 0. The summed E-state index contributed by atoms with van der Waals surface area (Å²) in [6.45, 7) is 2.03. The third kappa shape index (κ3) is 3.48. The van der Waals surface area contributed by atoms with Gasteiger partial charge in [-0.2, -0.15) is 0 Å². The number of carbonyl (C=O) groups is 2. The Morgan fingerprint density at radius 3 is 2.85 bits per heavy atom. The molecule has 6 heteroatoms. The van der Waals surface area contributed by atoms with E-state index in [2.05, 4.69) is 5.32 Å². The van der Waals surface area contributed by atoms with Crippen molar-refractivity contribution in [1.29, 1.82) is 0 Å². The molecule has 2 N–H and O–H groups in total. The van der Waals surface area contributed by atoms with Crippen molar-refractivity contribution in [2.75, 3.05) is 18.4 Å². The maximum atomic E-state index is 12.1. The Hall–Kier alpha value is -2.08. The summed E-state index contributed by atoms with van der Waals surface area (Å²) in [4.78, 5) is 24.1. The van der Waals surface area contributed by atoms with E-state index in [9.17, 15) is 9.59 Å². The zero-order valence-corrected chi connectivity index (χ0v) is 11.9. The van der Waals surface area contributed by atoms with E-state index in [-0.39, 0.29) is 12.6 Å². The van der Waals surface area contributed by atoms with Gasteiger partial charge >= 0.3 is 12.0 Å². The highest BCUT2D eigenvalue weighted by atomic mass is 32.1. The van der Waals surface area contributed by atoms with Crippen LogP contribution in [0.5, 0.6) is 0 Å². The number of carboxylic acids is 1. The molecule has 0 aliphatic carbocycles. The smallest absolute Gasteiger partial charge is 0.323 e. The van der Waals surface area contributed by atoms with Crippen LogP contribution < -0.4 is 5.32 Å². The third-order valence-electron chi connectivity index (χ3n) is 2.81. The minimum atomic E-state index is -1.01. The molecule has 0 aliphatic heterocycles. The summed E-state index contributed by atoms with van der Waals surface area (Å²) in [5.74, 6) is -1.01. The third-order valence-corrected chi connectivity index (χ3v) is 3.71. The zero-order valence-electron chi connectivity index (χ0n) is 11.1. The number of thiophene rings is 1. The van der Waals surface area contributed by atoms with Crippen LogP contribution in [0, 0.1) is 0 Å². The van der Waals surface area contributed by atoms with Crippen molar-refractivity contribution >= 4 is 39.1 Å². The number of rotatable bonds is 5. The molecule has 0 saturated heterocycles. The number of hydrogen-bond acceptors (Lipinski definition) is 3. The number of nitrogens with zero attached hydrogens (tertiary/aromatic N) is 1. The average Bonchev–Trinajstić information content (AvgIpc) is 2.85. The quantitative estimate of drug-likeness (QED) is 0.889. The Morgan fingerprint density at radius 2 is 2.15 bits per heavy atom. The van der Waals surface area contributed by atoms with Crippen LogP contribution in [0.3, 0.4) is 0 Å². The van der Waals surface area contributed by atoms with Crippen molar-refractivity contribution in [2.45, 2.75) is 13.3 Å². The summed E-state index contributed by atoms with van der Waals surface area (Å²) >= 11 is 1.64. The second-order valence-corrected chi connectivity index (χ2v) is 5.37. The molecule has 0 atom stereocenters. The van der Waals surface area contributed by atoms with E-state index in [0.717, 1.165) is 10.1 Å². The van der Waals surface area contributed by atoms with Gasteiger partial charge in [-0.25, -0.2) is 4.79 Å². The van der Waals surface area contributed by atoms with Crippen molar-refractivity contribution in [1.82, 2.24) is 4.90 Å². The summed E-state index contributed by atoms with van der Waals surface area (Å²) in [6.07, 6.45) is 0.713. The van der Waals surface area contributed by atoms with Crippen LogP contribution in [0.15, 0.2) is 29.6 Å². The fourth-order valence-electron chi connectivity index (χ4n) is 1.93. The van der Waals surface area contributed by atoms with Gasteiger partial charge in [0.05, 0.1) is 0 Å². The van der Waals surface area contributed by atoms with Gasteiger partial charge in [0, 0.05) is 16.9 Å². The molecule has 0 bridgehead atoms. The molecule has 0 saturated carbocycles. The van der Waals surface area contributed by atoms with Gasteiger partial charge in [-0.15, -0.1) is 11.3 Å². The van der Waals surface area contributed by atoms with Crippen LogP contribution in [-0.2, 0) is 4.79 Å². The van der Waals surface area contributed by atoms with Crippen molar-refractivity contribution in [3.05, 3.63) is 29.6 Å². The van der Waals surface area contributed by atoms with E-state index >= 15 is 0 Å². The van der Waals surface area contributed by atoms with Crippen molar-refractivity contribution in [3.8, 4) is 0 Å². The Kier molecular flexibility index (Phi) is 4.57. The predicted molar refractivity (Wildman–Crippen MR) is 80.3 cm³/mol. The number of aliphatic carboxylic acids is 1. The lowest BCUT2D eigenvalue weighted by Gasteiger charge is -2.20. The van der Waals surface area contributed by atoms with Gasteiger partial charge in [0.15, 0.2) is 0 Å². The first-order valence-corrected chi connectivity index (χ1v) is 7.23. The van der Waals surface area contributed by atoms with E-state index < -0.39 is 5.97 Å². The summed E-state index contributed by atoms with van der Waals surface area (Å²) in [5.41, 5.74) is 0.674. The molecule has 1 aromatic heterocycles. The number of carbonyl (C=O) groups excluding carboxylic acids is 1. The van der Waals surface area contributed by atoms with Crippen LogP contribution >= 0.6 is 11.3 Å². The van der Waals surface area contributed by atoms with Gasteiger partial charge in [-0.05, 0) is 41.5 Å². The molecule has 0 aliphatic rings. The maximum Gasteiger partial charge on any atom is 0.323 e. The van der Waals surface area contributed by atoms with E-state index in [1.807, 2.05) is 36.6 Å². The first-order chi connectivity index (χ1) is 9.60.